The Bertz CT molecular complexity index is 1430. The summed E-state index contributed by atoms with van der Waals surface area (Å²) >= 11 is 1.54. The smallest absolute Gasteiger partial charge is 0.225 e. The van der Waals surface area contributed by atoms with E-state index in [1.807, 2.05) is 19.9 Å². The van der Waals surface area contributed by atoms with Crippen LogP contribution < -0.4 is 10.6 Å². The molecule has 5 atom stereocenters. The van der Waals surface area contributed by atoms with Crippen molar-refractivity contribution in [1.82, 2.24) is 19.9 Å². The SMILES string of the molecule is CC[C@@H](Nc1nc(C)c(-c2nc3c(C)nccc3s2)c(N[C@@H]2C[C@H](CO)[C@@H](O)[C@H]2O)n1)c1ccc(C)cc1. The van der Waals surface area contributed by atoms with Crippen LogP contribution in [0.1, 0.15) is 48.3 Å². The Balaban J connectivity index is 1.56. The van der Waals surface area contributed by atoms with Crippen LogP contribution in [0.25, 0.3) is 20.8 Å². The summed E-state index contributed by atoms with van der Waals surface area (Å²) in [5, 5.41) is 38.4. The molecular weight excluding hydrogens is 500 g/mol. The standard InChI is InChI=1S/C28H34N6O3S/c1-5-19(17-8-6-14(2)7-9-17)32-28-30-15(3)22(27-33-23-16(4)29-11-10-21(23)38-27)26(34-28)31-20-12-18(13-35)24(36)25(20)37/h6-11,18-20,24-25,35-37H,5,12-13H2,1-4H3,(H2,30,31,32,34)/t18-,19-,20-,24-,25+/m1/s1. The number of anilines is 2. The highest BCUT2D eigenvalue weighted by Gasteiger charge is 2.41. The number of aliphatic hydroxyl groups is 3. The fraction of sp³-hybridized carbons (Fsp3) is 0.429. The summed E-state index contributed by atoms with van der Waals surface area (Å²) in [6.45, 7) is 7.84. The number of aryl methyl sites for hydroxylation is 3. The van der Waals surface area contributed by atoms with Gasteiger partial charge in [-0.25, -0.2) is 9.97 Å². The van der Waals surface area contributed by atoms with E-state index in [1.54, 1.807) is 6.20 Å². The minimum Gasteiger partial charge on any atom is -0.396 e. The molecule has 1 fully saturated rings. The topological polar surface area (TPSA) is 136 Å². The Labute approximate surface area is 226 Å². The number of benzene rings is 1. The van der Waals surface area contributed by atoms with E-state index < -0.39 is 24.2 Å². The largest absolute Gasteiger partial charge is 0.396 e. The molecule has 0 bridgehead atoms. The molecule has 0 saturated heterocycles. The Morgan fingerprint density at radius 3 is 2.42 bits per heavy atom. The van der Waals surface area contributed by atoms with E-state index in [2.05, 4.69) is 53.7 Å². The molecule has 200 valence electrons. The van der Waals surface area contributed by atoms with E-state index in [1.165, 1.54) is 16.9 Å². The molecule has 1 aromatic carbocycles. The van der Waals surface area contributed by atoms with Crippen molar-refractivity contribution in [2.75, 3.05) is 17.2 Å². The first-order chi connectivity index (χ1) is 18.3. The highest BCUT2D eigenvalue weighted by atomic mass is 32.1. The number of aromatic nitrogens is 4. The lowest BCUT2D eigenvalue weighted by molar-refractivity contribution is 0.00446. The molecular formula is C28H34N6O3S. The first-order valence-corrected chi connectivity index (χ1v) is 13.8. The summed E-state index contributed by atoms with van der Waals surface area (Å²) in [7, 11) is 0. The Kier molecular flexibility index (Phi) is 7.58. The maximum absolute atomic E-state index is 10.7. The van der Waals surface area contributed by atoms with Gasteiger partial charge in [0.1, 0.15) is 22.4 Å². The first-order valence-electron chi connectivity index (χ1n) is 13.0. The van der Waals surface area contributed by atoms with Crippen molar-refractivity contribution >= 4 is 33.3 Å². The molecule has 0 radical (unpaired) electrons. The van der Waals surface area contributed by atoms with E-state index >= 15 is 0 Å². The van der Waals surface area contributed by atoms with Crippen molar-refractivity contribution in [2.24, 2.45) is 5.92 Å². The second-order valence-corrected chi connectivity index (χ2v) is 11.1. The zero-order valence-electron chi connectivity index (χ0n) is 22.0. The molecule has 4 aromatic rings. The van der Waals surface area contributed by atoms with Crippen molar-refractivity contribution in [2.45, 2.75) is 64.8 Å². The van der Waals surface area contributed by atoms with Crippen molar-refractivity contribution in [3.63, 3.8) is 0 Å². The summed E-state index contributed by atoms with van der Waals surface area (Å²) in [5.74, 6) is 0.582. The van der Waals surface area contributed by atoms with Crippen LogP contribution in [-0.4, -0.2) is 60.1 Å². The summed E-state index contributed by atoms with van der Waals surface area (Å²) in [5.41, 5.74) is 5.51. The van der Waals surface area contributed by atoms with Gasteiger partial charge in [-0.1, -0.05) is 36.8 Å². The lowest BCUT2D eigenvalue weighted by Gasteiger charge is -2.23. The number of hydrogen-bond acceptors (Lipinski definition) is 10. The minimum atomic E-state index is -1.04. The van der Waals surface area contributed by atoms with Gasteiger partial charge in [0, 0.05) is 18.7 Å². The third kappa shape index (κ3) is 5.09. The highest BCUT2D eigenvalue weighted by Crippen LogP contribution is 2.39. The van der Waals surface area contributed by atoms with Gasteiger partial charge in [0.15, 0.2) is 0 Å². The zero-order chi connectivity index (χ0) is 27.0. The van der Waals surface area contributed by atoms with Gasteiger partial charge < -0.3 is 26.0 Å². The number of fused-ring (bicyclic) bond motifs is 1. The third-order valence-electron chi connectivity index (χ3n) is 7.34. The quantitative estimate of drug-likeness (QED) is 0.226. The first kappa shape index (κ1) is 26.4. The van der Waals surface area contributed by atoms with Crippen LogP contribution in [0.15, 0.2) is 36.5 Å². The van der Waals surface area contributed by atoms with Crippen LogP contribution in [0.2, 0.25) is 0 Å². The summed E-state index contributed by atoms with van der Waals surface area (Å²) in [6, 6.07) is 9.88. The van der Waals surface area contributed by atoms with Gasteiger partial charge in [-0.2, -0.15) is 4.98 Å². The van der Waals surface area contributed by atoms with Crippen molar-refractivity contribution in [3.05, 3.63) is 59.0 Å². The van der Waals surface area contributed by atoms with E-state index in [0.717, 1.165) is 44.2 Å². The van der Waals surface area contributed by atoms with Crippen molar-refractivity contribution in [3.8, 4) is 10.6 Å². The molecule has 0 aliphatic heterocycles. The fourth-order valence-corrected chi connectivity index (χ4v) is 6.20. The van der Waals surface area contributed by atoms with Crippen molar-refractivity contribution < 1.29 is 15.3 Å². The average molecular weight is 535 g/mol. The van der Waals surface area contributed by atoms with Gasteiger partial charge in [0.25, 0.3) is 0 Å². The fourth-order valence-electron chi connectivity index (χ4n) is 5.09. The molecule has 1 aliphatic carbocycles. The molecule has 5 rings (SSSR count). The summed E-state index contributed by atoms with van der Waals surface area (Å²) < 4.78 is 1.02. The second-order valence-electron chi connectivity index (χ2n) is 10.0. The Morgan fingerprint density at radius 2 is 1.76 bits per heavy atom. The molecule has 0 spiro atoms. The number of pyridine rings is 1. The summed E-state index contributed by atoms with van der Waals surface area (Å²) in [4.78, 5) is 18.9. The summed E-state index contributed by atoms with van der Waals surface area (Å²) in [6.07, 6.45) is 0.976. The van der Waals surface area contributed by atoms with Crippen LogP contribution in [0.4, 0.5) is 11.8 Å². The molecule has 10 heteroatoms. The Hall–Kier alpha value is -3.18. The third-order valence-corrected chi connectivity index (χ3v) is 8.38. The number of hydrogen-bond donors (Lipinski definition) is 5. The van der Waals surface area contributed by atoms with E-state index in [4.69, 9.17) is 15.0 Å². The maximum Gasteiger partial charge on any atom is 0.225 e. The lowest BCUT2D eigenvalue weighted by atomic mass is 10.0. The van der Waals surface area contributed by atoms with Crippen LogP contribution in [0.3, 0.4) is 0 Å². The van der Waals surface area contributed by atoms with E-state index in [-0.39, 0.29) is 12.6 Å². The van der Waals surface area contributed by atoms with Crippen molar-refractivity contribution in [1.29, 1.82) is 0 Å². The normalized spacial score (nSPS) is 22.1. The van der Waals surface area contributed by atoms with Gasteiger partial charge in [-0.3, -0.25) is 4.98 Å². The zero-order valence-corrected chi connectivity index (χ0v) is 22.8. The number of rotatable bonds is 8. The predicted molar refractivity (Wildman–Crippen MR) is 150 cm³/mol. The molecule has 3 aromatic heterocycles. The molecule has 0 unspecified atom stereocenters. The monoisotopic (exact) mass is 534 g/mol. The van der Waals surface area contributed by atoms with Crippen LogP contribution >= 0.6 is 11.3 Å². The van der Waals surface area contributed by atoms with Gasteiger partial charge in [0.2, 0.25) is 5.95 Å². The predicted octanol–water partition coefficient (Wildman–Crippen LogP) is 4.15. The molecule has 9 nitrogen and oxygen atoms in total. The molecule has 38 heavy (non-hydrogen) atoms. The number of thiazole rings is 1. The average Bonchev–Trinajstić information content (AvgIpc) is 3.45. The van der Waals surface area contributed by atoms with E-state index in [0.29, 0.717) is 18.2 Å². The lowest BCUT2D eigenvalue weighted by Crippen LogP contribution is -2.35. The minimum absolute atomic E-state index is 0.0162. The molecule has 3 heterocycles. The maximum atomic E-state index is 10.7. The number of aliphatic hydroxyl groups excluding tert-OH is 3. The molecule has 1 aliphatic rings. The van der Waals surface area contributed by atoms with E-state index in [9.17, 15) is 15.3 Å². The van der Waals surface area contributed by atoms with Crippen LogP contribution in [0, 0.1) is 26.7 Å². The number of nitrogens with one attached hydrogen (secondary N) is 2. The second kappa shape index (κ2) is 10.9. The molecule has 0 amide bonds. The van der Waals surface area contributed by atoms with Gasteiger partial charge in [0.05, 0.1) is 39.8 Å². The highest BCUT2D eigenvalue weighted by molar-refractivity contribution is 7.21. The van der Waals surface area contributed by atoms with Gasteiger partial charge in [-0.05, 0) is 45.2 Å². The molecule has 5 N–H and O–H groups in total. The van der Waals surface area contributed by atoms with Crippen LogP contribution in [-0.2, 0) is 0 Å². The van der Waals surface area contributed by atoms with Gasteiger partial charge >= 0.3 is 0 Å². The Morgan fingerprint density at radius 1 is 1.00 bits per heavy atom. The number of nitrogens with zero attached hydrogens (tertiary/aromatic N) is 4. The van der Waals surface area contributed by atoms with Gasteiger partial charge in [-0.15, -0.1) is 11.3 Å². The molecule has 1 saturated carbocycles. The van der Waals surface area contributed by atoms with Crippen LogP contribution in [0.5, 0.6) is 0 Å².